The Bertz CT molecular complexity index is 553. The number of hydrogen-bond donors (Lipinski definition) is 2. The van der Waals surface area contributed by atoms with E-state index in [0.717, 1.165) is 55.0 Å². The molecule has 1 aromatic heterocycles. The van der Waals surface area contributed by atoms with Crippen LogP contribution in [0.1, 0.15) is 50.9 Å². The third kappa shape index (κ3) is 2.94. The van der Waals surface area contributed by atoms with Crippen molar-refractivity contribution in [2.45, 2.75) is 47.0 Å². The molecule has 2 rings (SSSR count). The molecule has 0 bridgehead atoms. The molecule has 0 atom stereocenters. The topological polar surface area (TPSA) is 87.6 Å². The number of aryl methyl sites for hydroxylation is 1. The minimum Gasteiger partial charge on any atom is -0.409 e. The van der Waals surface area contributed by atoms with E-state index in [1.165, 1.54) is 0 Å². The van der Waals surface area contributed by atoms with Gasteiger partial charge in [-0.15, -0.1) is 5.10 Å². The molecule has 0 aliphatic carbocycles. The Morgan fingerprint density at radius 3 is 2.52 bits per heavy atom. The average molecular weight is 291 g/mol. The summed E-state index contributed by atoms with van der Waals surface area (Å²) in [5.74, 6) is 0.862. The molecule has 6 nitrogen and oxygen atoms in total. The van der Waals surface area contributed by atoms with Gasteiger partial charge in [0.05, 0.1) is 11.3 Å². The van der Waals surface area contributed by atoms with Gasteiger partial charge in [-0.05, 0) is 30.2 Å². The first kappa shape index (κ1) is 15.5. The summed E-state index contributed by atoms with van der Waals surface area (Å²) in [6.07, 6.45) is 2.67. The first-order chi connectivity index (χ1) is 9.93. The average Bonchev–Trinajstić information content (AvgIpc) is 2.84. The third-order valence-electron chi connectivity index (χ3n) is 4.17. The van der Waals surface area contributed by atoms with Gasteiger partial charge in [-0.25, -0.2) is 0 Å². The summed E-state index contributed by atoms with van der Waals surface area (Å²) in [6, 6.07) is 0. The fourth-order valence-electron chi connectivity index (χ4n) is 3.00. The largest absolute Gasteiger partial charge is 0.409 e. The Morgan fingerprint density at radius 1 is 1.33 bits per heavy atom. The monoisotopic (exact) mass is 291 g/mol. The van der Waals surface area contributed by atoms with Crippen LogP contribution in [0, 0.1) is 5.41 Å². The molecule has 0 amide bonds. The maximum absolute atomic E-state index is 9.14. The van der Waals surface area contributed by atoms with Crippen LogP contribution in [0.4, 0.5) is 5.82 Å². The van der Waals surface area contributed by atoms with Crippen LogP contribution in [-0.2, 0) is 12.8 Å². The lowest BCUT2D eigenvalue weighted by Crippen LogP contribution is -2.29. The number of nitrogens with two attached hydrogens (primary N) is 1. The minimum absolute atomic E-state index is 0.121. The highest BCUT2D eigenvalue weighted by Gasteiger charge is 2.33. The van der Waals surface area contributed by atoms with Crippen molar-refractivity contribution in [1.29, 1.82) is 0 Å². The highest BCUT2D eigenvalue weighted by Crippen LogP contribution is 2.34. The summed E-state index contributed by atoms with van der Waals surface area (Å²) in [5.41, 5.74) is 8.87. The van der Waals surface area contributed by atoms with Gasteiger partial charge >= 0.3 is 0 Å². The van der Waals surface area contributed by atoms with Gasteiger partial charge in [0.25, 0.3) is 0 Å². The third-order valence-corrected chi connectivity index (χ3v) is 4.17. The number of hydrogen-bond acceptors (Lipinski definition) is 5. The van der Waals surface area contributed by atoms with Gasteiger partial charge in [-0.3, -0.25) is 0 Å². The number of anilines is 1. The van der Waals surface area contributed by atoms with E-state index in [4.69, 9.17) is 10.9 Å². The molecule has 3 N–H and O–H groups in total. The molecule has 2 heterocycles. The Labute approximate surface area is 126 Å². The smallest absolute Gasteiger partial charge is 0.174 e. The van der Waals surface area contributed by atoms with E-state index in [1.807, 2.05) is 6.92 Å². The zero-order valence-electron chi connectivity index (χ0n) is 13.3. The second-order valence-electron chi connectivity index (χ2n) is 6.35. The molecular formula is C15H25N5O. The van der Waals surface area contributed by atoms with E-state index in [1.54, 1.807) is 0 Å². The molecule has 6 heteroatoms. The highest BCUT2D eigenvalue weighted by atomic mass is 16.4. The van der Waals surface area contributed by atoms with Crippen molar-refractivity contribution in [3.8, 4) is 0 Å². The Balaban J connectivity index is 2.56. The SMILES string of the molecule is CCc1nnc(N2CCC(C)(C)C2)c(C(N)=NO)c1CC. The van der Waals surface area contributed by atoms with Gasteiger partial charge in [0.15, 0.2) is 11.7 Å². The predicted octanol–water partition coefficient (Wildman–Crippen LogP) is 1.93. The Hall–Kier alpha value is -1.85. The van der Waals surface area contributed by atoms with E-state index in [2.05, 4.69) is 41.0 Å². The number of oxime groups is 1. The second kappa shape index (κ2) is 5.87. The van der Waals surface area contributed by atoms with Crippen LogP contribution < -0.4 is 10.6 Å². The first-order valence-electron chi connectivity index (χ1n) is 7.54. The number of rotatable bonds is 4. The van der Waals surface area contributed by atoms with Gasteiger partial charge in [0, 0.05) is 13.1 Å². The Kier molecular flexibility index (Phi) is 4.34. The van der Waals surface area contributed by atoms with Gasteiger partial charge < -0.3 is 15.8 Å². The first-order valence-corrected chi connectivity index (χ1v) is 7.54. The van der Waals surface area contributed by atoms with Crippen molar-refractivity contribution in [2.24, 2.45) is 16.3 Å². The Morgan fingerprint density at radius 2 is 2.05 bits per heavy atom. The molecule has 1 aromatic rings. The van der Waals surface area contributed by atoms with Crippen LogP contribution in [0.2, 0.25) is 0 Å². The van der Waals surface area contributed by atoms with E-state index in [0.29, 0.717) is 0 Å². The van der Waals surface area contributed by atoms with Crippen molar-refractivity contribution in [3.05, 3.63) is 16.8 Å². The van der Waals surface area contributed by atoms with Crippen molar-refractivity contribution in [3.63, 3.8) is 0 Å². The lowest BCUT2D eigenvalue weighted by atomic mass is 9.93. The number of aromatic nitrogens is 2. The van der Waals surface area contributed by atoms with Crippen LogP contribution >= 0.6 is 0 Å². The quantitative estimate of drug-likeness (QED) is 0.383. The molecule has 116 valence electrons. The molecule has 21 heavy (non-hydrogen) atoms. The van der Waals surface area contributed by atoms with Crippen LogP contribution in [0.15, 0.2) is 5.16 Å². The summed E-state index contributed by atoms with van der Waals surface area (Å²) >= 11 is 0. The fraction of sp³-hybridized carbons (Fsp3) is 0.667. The van der Waals surface area contributed by atoms with E-state index >= 15 is 0 Å². The lowest BCUT2D eigenvalue weighted by molar-refractivity contribution is 0.318. The normalized spacial score (nSPS) is 18.3. The highest BCUT2D eigenvalue weighted by molar-refractivity contribution is 6.03. The minimum atomic E-state index is 0.121. The molecule has 0 unspecified atom stereocenters. The van der Waals surface area contributed by atoms with Gasteiger partial charge in [0.1, 0.15) is 0 Å². The van der Waals surface area contributed by atoms with Crippen LogP contribution in [0.25, 0.3) is 0 Å². The fourth-order valence-corrected chi connectivity index (χ4v) is 3.00. The van der Waals surface area contributed by atoms with E-state index in [-0.39, 0.29) is 11.3 Å². The van der Waals surface area contributed by atoms with Gasteiger partial charge in [0.2, 0.25) is 0 Å². The van der Waals surface area contributed by atoms with Gasteiger partial charge in [-0.1, -0.05) is 32.9 Å². The van der Waals surface area contributed by atoms with Crippen LogP contribution in [0.5, 0.6) is 0 Å². The molecule has 1 saturated heterocycles. The molecule has 1 fully saturated rings. The van der Waals surface area contributed by atoms with Crippen molar-refractivity contribution < 1.29 is 5.21 Å². The lowest BCUT2D eigenvalue weighted by Gasteiger charge is -2.24. The van der Waals surface area contributed by atoms with Crippen molar-refractivity contribution in [1.82, 2.24) is 10.2 Å². The zero-order valence-corrected chi connectivity index (χ0v) is 13.3. The molecule has 1 aliphatic heterocycles. The standard InChI is InChI=1S/C15H25N5O/c1-5-10-11(6-2)17-18-14(12(10)13(16)19-21)20-8-7-15(3,4)9-20/h21H,5-9H2,1-4H3,(H2,16,19). The molecule has 1 aliphatic rings. The van der Waals surface area contributed by atoms with E-state index in [9.17, 15) is 0 Å². The summed E-state index contributed by atoms with van der Waals surface area (Å²) < 4.78 is 0. The maximum Gasteiger partial charge on any atom is 0.174 e. The summed E-state index contributed by atoms with van der Waals surface area (Å²) in [7, 11) is 0. The van der Waals surface area contributed by atoms with Gasteiger partial charge in [-0.2, -0.15) is 5.10 Å². The van der Waals surface area contributed by atoms with E-state index < -0.39 is 0 Å². The van der Waals surface area contributed by atoms with Crippen molar-refractivity contribution >= 4 is 11.7 Å². The molecule has 0 aromatic carbocycles. The maximum atomic E-state index is 9.14. The summed E-state index contributed by atoms with van der Waals surface area (Å²) in [6.45, 7) is 10.4. The second-order valence-corrected chi connectivity index (χ2v) is 6.35. The van der Waals surface area contributed by atoms with Crippen LogP contribution in [0.3, 0.4) is 0 Å². The van der Waals surface area contributed by atoms with Crippen molar-refractivity contribution in [2.75, 3.05) is 18.0 Å². The summed E-state index contributed by atoms with van der Waals surface area (Å²) in [4.78, 5) is 2.19. The summed E-state index contributed by atoms with van der Waals surface area (Å²) in [5, 5.41) is 21.1. The zero-order chi connectivity index (χ0) is 15.6. The predicted molar refractivity (Wildman–Crippen MR) is 83.9 cm³/mol. The molecular weight excluding hydrogens is 266 g/mol. The number of amidine groups is 1. The molecule has 0 radical (unpaired) electrons. The molecule has 0 spiro atoms. The molecule has 0 saturated carbocycles. The van der Waals surface area contributed by atoms with Crippen LogP contribution in [-0.4, -0.2) is 34.3 Å². The number of nitrogens with zero attached hydrogens (tertiary/aromatic N) is 4.